The molecule has 4 amide bonds. The zero-order chi connectivity index (χ0) is 42.3. The van der Waals surface area contributed by atoms with Crippen LogP contribution in [0.2, 0.25) is 0 Å². The number of aromatic nitrogens is 4. The van der Waals surface area contributed by atoms with Crippen molar-refractivity contribution in [2.24, 2.45) is 17.3 Å². The molecule has 320 valence electrons. The molecule has 0 unspecified atom stereocenters. The van der Waals surface area contributed by atoms with Crippen molar-refractivity contribution in [2.75, 3.05) is 27.3 Å². The van der Waals surface area contributed by atoms with Gasteiger partial charge in [0.15, 0.2) is 0 Å². The van der Waals surface area contributed by atoms with Crippen LogP contribution < -0.4 is 10.6 Å². The standard InChI is InChI=1S/C45H58N8O6S/c1-25(2)35(50-43(56)58-5)41(54)52-19-9-11-33(52)39-46-23-31(48-39)27-13-15-28(16-14-27)37-29-21-45(17-7-8-18-45)22-30(29)38(60-37)32-24-47-40(49-32)34-12-10-20-53(34)42(55)36(26(3)4)51-44(57)59-6/h13-16,23-26,33-36H,7-12,17-22H2,1-6H3,(H,46,48)(H,47,49)(H,50,56)(H,51,57)/t33-,34-,35-,36+/m0/s1. The fourth-order valence-corrected chi connectivity index (χ4v) is 11.4. The molecule has 60 heavy (non-hydrogen) atoms. The molecule has 1 aromatic carbocycles. The lowest BCUT2D eigenvalue weighted by Gasteiger charge is -2.30. The Morgan fingerprint density at radius 1 is 0.700 bits per heavy atom. The number of nitrogens with one attached hydrogen (secondary N) is 4. The summed E-state index contributed by atoms with van der Waals surface area (Å²) < 4.78 is 9.62. The van der Waals surface area contributed by atoms with Gasteiger partial charge in [-0.15, -0.1) is 11.3 Å². The molecule has 14 nitrogen and oxygen atoms in total. The second kappa shape index (κ2) is 17.1. The minimum atomic E-state index is -0.688. The second-order valence-electron chi connectivity index (χ2n) is 17.8. The normalized spacial score (nSPS) is 20.5. The predicted molar refractivity (Wildman–Crippen MR) is 229 cm³/mol. The minimum Gasteiger partial charge on any atom is -0.453 e. The van der Waals surface area contributed by atoms with E-state index in [0.717, 1.165) is 67.1 Å². The third-order valence-electron chi connectivity index (χ3n) is 13.3. The predicted octanol–water partition coefficient (Wildman–Crippen LogP) is 7.94. The Morgan fingerprint density at radius 3 is 1.67 bits per heavy atom. The number of fused-ring (bicyclic) bond motifs is 1. The molecule has 1 saturated carbocycles. The number of carbonyl (C=O) groups excluding carboxylic acids is 4. The Labute approximate surface area is 355 Å². The van der Waals surface area contributed by atoms with Crippen LogP contribution in [-0.2, 0) is 31.9 Å². The fourth-order valence-electron chi connectivity index (χ4n) is 10.1. The minimum absolute atomic E-state index is 0.104. The summed E-state index contributed by atoms with van der Waals surface area (Å²) in [5.41, 5.74) is 7.24. The van der Waals surface area contributed by atoms with Gasteiger partial charge in [0.2, 0.25) is 11.8 Å². The van der Waals surface area contributed by atoms with Crippen LogP contribution in [0.15, 0.2) is 36.7 Å². The lowest BCUT2D eigenvalue weighted by Crippen LogP contribution is -2.51. The summed E-state index contributed by atoms with van der Waals surface area (Å²) in [6.07, 6.45) is 13.1. The number of benzene rings is 1. The molecule has 4 aliphatic rings. The van der Waals surface area contributed by atoms with Crippen LogP contribution in [0.5, 0.6) is 0 Å². The molecule has 15 heteroatoms. The molecule has 3 aromatic heterocycles. The highest BCUT2D eigenvalue weighted by atomic mass is 32.1. The Morgan fingerprint density at radius 2 is 1.17 bits per heavy atom. The van der Waals surface area contributed by atoms with Gasteiger partial charge in [-0.1, -0.05) is 64.8 Å². The van der Waals surface area contributed by atoms with E-state index in [0.29, 0.717) is 18.5 Å². The third kappa shape index (κ3) is 7.92. The summed E-state index contributed by atoms with van der Waals surface area (Å²) in [5, 5.41) is 5.47. The molecular formula is C45H58N8O6S. The van der Waals surface area contributed by atoms with Crippen molar-refractivity contribution in [3.8, 4) is 32.3 Å². The Balaban J connectivity index is 1.03. The number of alkyl carbamates (subject to hydrolysis) is 2. The first-order chi connectivity index (χ1) is 28.9. The Hall–Kier alpha value is -5.18. The number of aromatic amines is 2. The number of thiophene rings is 1. The van der Waals surface area contributed by atoms with Crippen LogP contribution in [0.4, 0.5) is 9.59 Å². The zero-order valence-electron chi connectivity index (χ0n) is 35.6. The van der Waals surface area contributed by atoms with Crippen LogP contribution in [0, 0.1) is 17.3 Å². The topological polar surface area (TPSA) is 175 Å². The maximum absolute atomic E-state index is 13.8. The number of amides is 4. The first-order valence-corrected chi connectivity index (χ1v) is 22.4. The average molecular weight is 839 g/mol. The highest BCUT2D eigenvalue weighted by Gasteiger charge is 2.44. The van der Waals surface area contributed by atoms with E-state index < -0.39 is 24.3 Å². The number of H-pyrrole nitrogens is 2. The number of ether oxygens (including phenoxy) is 2. The van der Waals surface area contributed by atoms with Gasteiger partial charge in [-0.05, 0) is 90.9 Å². The number of rotatable bonds is 11. The monoisotopic (exact) mass is 838 g/mol. The molecule has 4 N–H and O–H groups in total. The van der Waals surface area contributed by atoms with Crippen LogP contribution >= 0.6 is 11.3 Å². The summed E-state index contributed by atoms with van der Waals surface area (Å²) >= 11 is 1.82. The summed E-state index contributed by atoms with van der Waals surface area (Å²) in [4.78, 5) is 74.7. The number of imidazole rings is 2. The molecule has 1 spiro atoms. The summed E-state index contributed by atoms with van der Waals surface area (Å²) in [6.45, 7) is 8.89. The first-order valence-electron chi connectivity index (χ1n) is 21.6. The second-order valence-corrected chi connectivity index (χ2v) is 18.8. The van der Waals surface area contributed by atoms with Gasteiger partial charge in [-0.25, -0.2) is 19.6 Å². The smallest absolute Gasteiger partial charge is 0.407 e. The molecule has 0 bridgehead atoms. The number of methoxy groups -OCH3 is 2. The Bertz CT molecular complexity index is 2220. The number of likely N-dealkylation sites (tertiary alicyclic amines) is 2. The van der Waals surface area contributed by atoms with Gasteiger partial charge < -0.3 is 39.9 Å². The van der Waals surface area contributed by atoms with Crippen LogP contribution in [0.25, 0.3) is 32.3 Å². The van der Waals surface area contributed by atoms with Crippen molar-refractivity contribution in [1.29, 1.82) is 0 Å². The van der Waals surface area contributed by atoms with Crippen molar-refractivity contribution in [1.82, 2.24) is 40.4 Å². The third-order valence-corrected chi connectivity index (χ3v) is 14.6. The van der Waals surface area contributed by atoms with E-state index in [1.807, 2.05) is 61.2 Å². The number of nitrogens with zero attached hydrogens (tertiary/aromatic N) is 4. The van der Waals surface area contributed by atoms with Gasteiger partial charge in [0, 0.05) is 18.0 Å². The number of hydrogen-bond acceptors (Lipinski definition) is 9. The van der Waals surface area contributed by atoms with Crippen molar-refractivity contribution in [3.63, 3.8) is 0 Å². The molecule has 4 atom stereocenters. The summed E-state index contributed by atoms with van der Waals surface area (Å²) in [7, 11) is 2.61. The van der Waals surface area contributed by atoms with Gasteiger partial charge in [0.25, 0.3) is 0 Å². The SMILES string of the molecule is COC(=O)N[C@H](C(=O)N1CCC[C@H]1c1ncc(-c2ccc(-c3sc(-c4cnc([C@@H]5CCCN5C(=O)[C@H](NC(=O)OC)C(C)C)[nH]4)c4c3CC3(CCCC3)C4)cc2)[nH]1)C(C)C. The van der Waals surface area contributed by atoms with Crippen molar-refractivity contribution >= 4 is 35.3 Å². The van der Waals surface area contributed by atoms with E-state index in [-0.39, 0.29) is 35.7 Å². The van der Waals surface area contributed by atoms with Gasteiger partial charge >= 0.3 is 12.2 Å². The van der Waals surface area contributed by atoms with Crippen LogP contribution in [-0.4, -0.2) is 93.1 Å². The first kappa shape index (κ1) is 41.5. The van der Waals surface area contributed by atoms with E-state index >= 15 is 0 Å². The maximum Gasteiger partial charge on any atom is 0.407 e. The van der Waals surface area contributed by atoms with Gasteiger partial charge in [0.1, 0.15) is 23.7 Å². The van der Waals surface area contributed by atoms with E-state index in [2.05, 4.69) is 44.9 Å². The molecular weight excluding hydrogens is 781 g/mol. The van der Waals surface area contributed by atoms with E-state index in [9.17, 15) is 19.2 Å². The molecule has 2 saturated heterocycles. The molecule has 8 rings (SSSR count). The zero-order valence-corrected chi connectivity index (χ0v) is 36.4. The highest BCUT2D eigenvalue weighted by molar-refractivity contribution is 7.19. The van der Waals surface area contributed by atoms with Gasteiger partial charge in [-0.3, -0.25) is 9.59 Å². The average Bonchev–Trinajstić information content (AvgIpc) is 4.10. The van der Waals surface area contributed by atoms with Gasteiger partial charge in [-0.2, -0.15) is 0 Å². The molecule has 4 aromatic rings. The molecule has 0 radical (unpaired) electrons. The molecule has 2 aliphatic heterocycles. The van der Waals surface area contributed by atoms with Crippen LogP contribution in [0.3, 0.4) is 0 Å². The molecule has 5 heterocycles. The van der Waals surface area contributed by atoms with E-state index in [4.69, 9.17) is 19.4 Å². The van der Waals surface area contributed by atoms with Crippen molar-refractivity contribution in [2.45, 2.75) is 116 Å². The molecule has 3 fully saturated rings. The number of carbonyl (C=O) groups is 4. The van der Waals surface area contributed by atoms with E-state index in [1.54, 1.807) is 0 Å². The lowest BCUT2D eigenvalue weighted by atomic mass is 9.83. The van der Waals surface area contributed by atoms with E-state index in [1.165, 1.54) is 66.3 Å². The number of hydrogen-bond donors (Lipinski definition) is 4. The maximum atomic E-state index is 13.8. The van der Waals surface area contributed by atoms with Crippen molar-refractivity contribution in [3.05, 3.63) is 59.4 Å². The van der Waals surface area contributed by atoms with Crippen LogP contribution in [0.1, 0.15) is 114 Å². The largest absolute Gasteiger partial charge is 0.453 e. The summed E-state index contributed by atoms with van der Waals surface area (Å²) in [5.74, 6) is 1.06. The quantitative estimate of drug-likeness (QED) is 0.118. The Kier molecular flexibility index (Phi) is 11.8. The highest BCUT2D eigenvalue weighted by Crippen LogP contribution is 2.56. The summed E-state index contributed by atoms with van der Waals surface area (Å²) in [6, 6.07) is 6.92. The lowest BCUT2D eigenvalue weighted by molar-refractivity contribution is -0.136. The molecule has 2 aliphatic carbocycles. The van der Waals surface area contributed by atoms with Crippen molar-refractivity contribution < 1.29 is 28.7 Å². The van der Waals surface area contributed by atoms with Gasteiger partial charge in [0.05, 0.1) is 55.0 Å². The fraction of sp³-hybridized carbons (Fsp3) is 0.556.